The number of aliphatic hydroxyl groups excluding tert-OH is 1. The molecule has 0 aromatic carbocycles. The van der Waals surface area contributed by atoms with Crippen LogP contribution < -0.4 is 14.5 Å². The molecule has 0 saturated heterocycles. The van der Waals surface area contributed by atoms with Crippen LogP contribution in [0, 0.1) is 16.6 Å². The topological polar surface area (TPSA) is 154 Å². The van der Waals surface area contributed by atoms with Crippen molar-refractivity contribution in [3.05, 3.63) is 65.0 Å². The number of rotatable bonds is 16. The van der Waals surface area contributed by atoms with Gasteiger partial charge < -0.3 is 29.4 Å². The molecule has 2 atom stereocenters. The molecule has 0 radical (unpaired) electrons. The van der Waals surface area contributed by atoms with E-state index in [1.807, 2.05) is 83.0 Å². The lowest BCUT2D eigenvalue weighted by Gasteiger charge is -2.29. The standard InChI is InChI=1S/C25H37N5O2.C21H27FN4O.C4H11NO/c1-17(22(31)16-25(2,3)4)30(7)24-19-9-8-10-20(19)27-23(28-24)21-15-18(11-12-26-21)32-14-13-29(5)6;1-13(18(27)12-21(2,3)4)26(5)20-15-7-6-8-16(15)24-19(25-20)17-11-14(22)9-10-23-17;1-5(2)3-4-6/h11-12,15,17H,8-10,13-14,16H2,1-7H3;9-11,13H,6-8,12H2,1-5H3;6H,3-4H2,1-2H3/t17-;13-;/m11./s1. The summed E-state index contributed by atoms with van der Waals surface area (Å²) in [5.41, 5.74) is 5.28. The highest BCUT2D eigenvalue weighted by atomic mass is 19.1. The number of ether oxygens (including phenoxy) is 1. The van der Waals surface area contributed by atoms with E-state index in [0.29, 0.717) is 42.5 Å². The summed E-state index contributed by atoms with van der Waals surface area (Å²) in [6.07, 6.45) is 9.88. The van der Waals surface area contributed by atoms with Gasteiger partial charge in [0.15, 0.2) is 23.2 Å². The minimum atomic E-state index is -0.368. The molecular weight excluding hydrogens is 824 g/mol. The summed E-state index contributed by atoms with van der Waals surface area (Å²) in [5, 5.41) is 8.20. The van der Waals surface area contributed by atoms with Gasteiger partial charge in [-0.15, -0.1) is 0 Å². The number of aromatic nitrogens is 6. The van der Waals surface area contributed by atoms with E-state index in [1.165, 1.54) is 18.3 Å². The van der Waals surface area contributed by atoms with Crippen LogP contribution in [0.25, 0.3) is 23.0 Å². The number of hydrogen-bond acceptors (Lipinski definition) is 14. The number of hydrogen-bond donors (Lipinski definition) is 1. The van der Waals surface area contributed by atoms with Crippen LogP contribution in [0.1, 0.15) is 104 Å². The van der Waals surface area contributed by atoms with Gasteiger partial charge in [0.1, 0.15) is 41.2 Å². The predicted molar refractivity (Wildman–Crippen MR) is 258 cm³/mol. The van der Waals surface area contributed by atoms with E-state index in [9.17, 15) is 14.0 Å². The van der Waals surface area contributed by atoms with E-state index in [0.717, 1.165) is 91.5 Å². The number of fused-ring (bicyclic) bond motifs is 2. The predicted octanol–water partition coefficient (Wildman–Crippen LogP) is 7.33. The lowest BCUT2D eigenvalue weighted by atomic mass is 9.88. The van der Waals surface area contributed by atoms with Crippen LogP contribution in [0.15, 0.2) is 36.7 Å². The van der Waals surface area contributed by atoms with E-state index in [1.54, 1.807) is 6.20 Å². The van der Waals surface area contributed by atoms with Crippen molar-refractivity contribution >= 4 is 23.2 Å². The van der Waals surface area contributed by atoms with Crippen molar-refractivity contribution in [2.45, 2.75) is 119 Å². The SMILES string of the molecule is CN(C)CCO.C[C@H](C(=O)CC(C)(C)C)N(C)c1nc(-c2cc(F)ccn2)nc2c1CCC2.C[C@H](C(=O)CC(C)(C)C)N(C)c1nc(-c2cc(OCCN(C)C)ccn2)nc2c1CCC2. The summed E-state index contributed by atoms with van der Waals surface area (Å²) in [4.78, 5) is 61.3. The minimum absolute atomic E-state index is 0.0398. The molecule has 2 aliphatic rings. The monoisotopic (exact) mass is 899 g/mol. The first-order chi connectivity index (χ1) is 30.5. The molecule has 4 aromatic heterocycles. The number of likely N-dealkylation sites (N-methyl/N-ethyl adjacent to an activating group) is 4. The lowest BCUT2D eigenvalue weighted by molar-refractivity contribution is -0.122. The Bertz CT molecular complexity index is 2200. The first-order valence-electron chi connectivity index (χ1n) is 22.9. The number of nitrogens with zero attached hydrogens (tertiary/aromatic N) is 10. The van der Waals surface area contributed by atoms with E-state index in [2.05, 4.69) is 66.4 Å². The Morgan fingerprint density at radius 3 is 1.52 bits per heavy atom. The van der Waals surface area contributed by atoms with E-state index >= 15 is 0 Å². The van der Waals surface area contributed by atoms with Crippen LogP contribution in [0.4, 0.5) is 16.0 Å². The van der Waals surface area contributed by atoms with Gasteiger partial charge in [0.25, 0.3) is 0 Å². The third-order valence-corrected chi connectivity index (χ3v) is 11.3. The van der Waals surface area contributed by atoms with Gasteiger partial charge >= 0.3 is 0 Å². The molecule has 356 valence electrons. The molecule has 0 spiro atoms. The zero-order valence-electron chi connectivity index (χ0n) is 41.6. The molecule has 14 nitrogen and oxygen atoms in total. The Morgan fingerprint density at radius 2 is 1.12 bits per heavy atom. The number of aliphatic hydroxyl groups is 1. The first-order valence-corrected chi connectivity index (χ1v) is 22.9. The Balaban J connectivity index is 0.000000255. The zero-order chi connectivity index (χ0) is 48.2. The number of anilines is 2. The summed E-state index contributed by atoms with van der Waals surface area (Å²) < 4.78 is 19.5. The molecule has 4 aromatic rings. The molecule has 15 heteroatoms. The minimum Gasteiger partial charge on any atom is -0.492 e. The van der Waals surface area contributed by atoms with Crippen molar-refractivity contribution < 1.29 is 23.8 Å². The Morgan fingerprint density at radius 1 is 0.677 bits per heavy atom. The molecule has 0 aliphatic heterocycles. The van der Waals surface area contributed by atoms with Gasteiger partial charge in [-0.05, 0) is 104 Å². The third-order valence-electron chi connectivity index (χ3n) is 11.3. The fraction of sp³-hybridized carbons (Fsp3) is 0.600. The Hall–Kier alpha value is -4.99. The van der Waals surface area contributed by atoms with Crippen molar-refractivity contribution in [1.29, 1.82) is 0 Å². The largest absolute Gasteiger partial charge is 0.492 e. The van der Waals surface area contributed by atoms with Crippen molar-refractivity contribution in [2.75, 3.05) is 78.4 Å². The van der Waals surface area contributed by atoms with Gasteiger partial charge in [-0.1, -0.05) is 41.5 Å². The highest BCUT2D eigenvalue weighted by Gasteiger charge is 2.31. The molecule has 0 amide bonds. The molecule has 4 heterocycles. The van der Waals surface area contributed by atoms with E-state index in [4.69, 9.17) is 19.8 Å². The lowest BCUT2D eigenvalue weighted by Crippen LogP contribution is -2.38. The molecule has 65 heavy (non-hydrogen) atoms. The molecule has 6 rings (SSSR count). The maximum atomic E-state index is 13.6. The number of carbonyl (C=O) groups is 2. The smallest absolute Gasteiger partial charge is 0.180 e. The van der Waals surface area contributed by atoms with Crippen molar-refractivity contribution in [3.63, 3.8) is 0 Å². The van der Waals surface area contributed by atoms with Crippen LogP contribution >= 0.6 is 0 Å². The normalized spacial score (nSPS) is 14.1. The average Bonchev–Trinajstić information content (AvgIpc) is 3.91. The summed E-state index contributed by atoms with van der Waals surface area (Å²) in [6.45, 7) is 18.8. The fourth-order valence-electron chi connectivity index (χ4n) is 7.47. The zero-order valence-corrected chi connectivity index (χ0v) is 41.6. The average molecular weight is 899 g/mol. The second-order valence-corrected chi connectivity index (χ2v) is 20.2. The second kappa shape index (κ2) is 23.5. The van der Waals surface area contributed by atoms with Gasteiger partial charge in [-0.3, -0.25) is 19.6 Å². The van der Waals surface area contributed by atoms with Crippen LogP contribution in [0.5, 0.6) is 5.75 Å². The number of pyridine rings is 2. The first kappa shape index (κ1) is 52.6. The fourth-order valence-corrected chi connectivity index (χ4v) is 7.47. The van der Waals surface area contributed by atoms with Gasteiger partial charge in [-0.25, -0.2) is 24.3 Å². The summed E-state index contributed by atoms with van der Waals surface area (Å²) in [7, 11) is 11.8. The molecule has 0 unspecified atom stereocenters. The van der Waals surface area contributed by atoms with E-state index in [-0.39, 0.29) is 46.9 Å². The third kappa shape index (κ3) is 15.8. The molecule has 0 fully saturated rings. The van der Waals surface area contributed by atoms with E-state index < -0.39 is 0 Å². The van der Waals surface area contributed by atoms with Crippen molar-refractivity contribution in [1.82, 2.24) is 39.7 Å². The number of halogens is 1. The number of Topliss-reactive ketones (excluding diaryl/α,β-unsaturated/α-hetero) is 2. The summed E-state index contributed by atoms with van der Waals surface area (Å²) >= 11 is 0. The summed E-state index contributed by atoms with van der Waals surface area (Å²) in [5.74, 6) is 3.39. The van der Waals surface area contributed by atoms with Gasteiger partial charge in [0.05, 0.1) is 18.7 Å². The highest BCUT2D eigenvalue weighted by Crippen LogP contribution is 2.34. The van der Waals surface area contributed by atoms with Crippen LogP contribution in [-0.4, -0.2) is 137 Å². The highest BCUT2D eigenvalue weighted by molar-refractivity contribution is 5.88. The maximum Gasteiger partial charge on any atom is 0.180 e. The molecule has 0 bridgehead atoms. The molecule has 2 aliphatic carbocycles. The van der Waals surface area contributed by atoms with Crippen molar-refractivity contribution in [2.24, 2.45) is 10.8 Å². The van der Waals surface area contributed by atoms with Crippen LogP contribution in [-0.2, 0) is 35.3 Å². The molecular formula is C50H75FN10O4. The Kier molecular flexibility index (Phi) is 19.0. The van der Waals surface area contributed by atoms with Crippen molar-refractivity contribution in [3.8, 4) is 28.8 Å². The van der Waals surface area contributed by atoms with Gasteiger partial charge in [0.2, 0.25) is 0 Å². The molecule has 0 saturated carbocycles. The van der Waals surface area contributed by atoms with Gasteiger partial charge in [-0.2, -0.15) is 0 Å². The quantitative estimate of drug-likeness (QED) is 0.119. The second-order valence-electron chi connectivity index (χ2n) is 20.2. The number of carbonyl (C=O) groups excluding carboxylic acids is 2. The number of aryl methyl sites for hydroxylation is 2. The maximum absolute atomic E-state index is 13.6. The van der Waals surface area contributed by atoms with Crippen LogP contribution in [0.3, 0.4) is 0 Å². The Labute approximate surface area is 387 Å². The molecule has 1 N–H and O–H groups in total. The summed E-state index contributed by atoms with van der Waals surface area (Å²) in [6, 6.07) is 5.84. The number of ketones is 2. The van der Waals surface area contributed by atoms with Gasteiger partial charge in [0, 0.05) is 87.1 Å². The van der Waals surface area contributed by atoms with Crippen LogP contribution in [0.2, 0.25) is 0 Å².